The summed E-state index contributed by atoms with van der Waals surface area (Å²) < 4.78 is 1.22. The van der Waals surface area contributed by atoms with Gasteiger partial charge in [-0.2, -0.15) is 0 Å². The first-order chi connectivity index (χ1) is 7.74. The molecule has 0 aliphatic heterocycles. The second-order valence-corrected chi connectivity index (χ2v) is 5.19. The number of hydrogen-bond donors (Lipinski definition) is 1. The fourth-order valence-electron chi connectivity index (χ4n) is 1.70. The quantitative estimate of drug-likeness (QED) is 0.730. The summed E-state index contributed by atoms with van der Waals surface area (Å²) in [5, 5.41) is 3.49. The van der Waals surface area contributed by atoms with Gasteiger partial charge in [0, 0.05) is 11.0 Å². The van der Waals surface area contributed by atoms with E-state index in [-0.39, 0.29) is 0 Å². The van der Waals surface area contributed by atoms with Gasteiger partial charge in [-0.15, -0.1) is 0 Å². The van der Waals surface area contributed by atoms with Crippen molar-refractivity contribution in [2.75, 3.05) is 6.54 Å². The minimum Gasteiger partial charge on any atom is -0.313 e. The molecule has 90 valence electrons. The highest BCUT2D eigenvalue weighted by molar-refractivity contribution is 9.10. The smallest absolute Gasteiger partial charge is 0.0222 e. The third-order valence-electron chi connectivity index (χ3n) is 2.73. The van der Waals surface area contributed by atoms with E-state index in [9.17, 15) is 0 Å². The average Bonchev–Trinajstić information content (AvgIpc) is 2.26. The van der Waals surface area contributed by atoms with Crippen molar-refractivity contribution in [3.8, 4) is 0 Å². The Morgan fingerprint density at radius 1 is 1.19 bits per heavy atom. The minimum atomic E-state index is 0.965. The molecule has 1 rings (SSSR count). The zero-order chi connectivity index (χ0) is 11.8. The van der Waals surface area contributed by atoms with Crippen LogP contribution in [0.25, 0.3) is 0 Å². The Labute approximate surface area is 108 Å². The number of benzene rings is 1. The van der Waals surface area contributed by atoms with Crippen LogP contribution in [0.15, 0.2) is 22.7 Å². The van der Waals surface area contributed by atoms with Crippen molar-refractivity contribution >= 4 is 15.9 Å². The van der Waals surface area contributed by atoms with E-state index in [1.807, 2.05) is 0 Å². The number of unbranched alkanes of at least 4 members (excludes halogenated alkanes) is 3. The van der Waals surface area contributed by atoms with Crippen molar-refractivity contribution in [2.45, 2.75) is 46.1 Å². The summed E-state index contributed by atoms with van der Waals surface area (Å²) in [6.07, 6.45) is 5.30. The maximum absolute atomic E-state index is 3.60. The van der Waals surface area contributed by atoms with Crippen LogP contribution in [0.2, 0.25) is 0 Å². The van der Waals surface area contributed by atoms with Gasteiger partial charge in [0.15, 0.2) is 0 Å². The van der Waals surface area contributed by atoms with Gasteiger partial charge in [0.05, 0.1) is 0 Å². The van der Waals surface area contributed by atoms with Gasteiger partial charge < -0.3 is 5.32 Å². The minimum absolute atomic E-state index is 0.965. The number of halogens is 1. The normalized spacial score (nSPS) is 10.7. The zero-order valence-corrected chi connectivity index (χ0v) is 11.9. The van der Waals surface area contributed by atoms with Crippen LogP contribution in [0.4, 0.5) is 0 Å². The molecule has 0 amide bonds. The SMILES string of the molecule is CCCCCCNCc1ccc(C)cc1Br. The largest absolute Gasteiger partial charge is 0.313 e. The van der Waals surface area contributed by atoms with Gasteiger partial charge in [0.25, 0.3) is 0 Å². The monoisotopic (exact) mass is 283 g/mol. The summed E-state index contributed by atoms with van der Waals surface area (Å²) in [6.45, 7) is 6.46. The summed E-state index contributed by atoms with van der Waals surface area (Å²) in [6, 6.07) is 6.53. The van der Waals surface area contributed by atoms with Crippen LogP contribution in [0.5, 0.6) is 0 Å². The van der Waals surface area contributed by atoms with E-state index in [0.29, 0.717) is 0 Å². The predicted octanol–water partition coefficient (Wildman–Crippen LogP) is 4.43. The average molecular weight is 284 g/mol. The molecule has 2 heteroatoms. The van der Waals surface area contributed by atoms with E-state index in [1.165, 1.54) is 41.3 Å². The first kappa shape index (κ1) is 13.7. The van der Waals surface area contributed by atoms with Gasteiger partial charge >= 0.3 is 0 Å². The maximum Gasteiger partial charge on any atom is 0.0222 e. The lowest BCUT2D eigenvalue weighted by Gasteiger charge is -2.07. The van der Waals surface area contributed by atoms with Crippen LogP contribution in [0.1, 0.15) is 43.7 Å². The van der Waals surface area contributed by atoms with Crippen molar-refractivity contribution in [3.63, 3.8) is 0 Å². The maximum atomic E-state index is 3.60. The summed E-state index contributed by atoms with van der Waals surface area (Å²) in [4.78, 5) is 0. The molecule has 1 aromatic rings. The molecule has 16 heavy (non-hydrogen) atoms. The van der Waals surface area contributed by atoms with Crippen molar-refractivity contribution < 1.29 is 0 Å². The van der Waals surface area contributed by atoms with Crippen LogP contribution in [-0.4, -0.2) is 6.54 Å². The van der Waals surface area contributed by atoms with Crippen LogP contribution >= 0.6 is 15.9 Å². The highest BCUT2D eigenvalue weighted by Gasteiger charge is 1.98. The van der Waals surface area contributed by atoms with Crippen LogP contribution in [-0.2, 0) is 6.54 Å². The van der Waals surface area contributed by atoms with Gasteiger partial charge in [-0.05, 0) is 37.1 Å². The van der Waals surface area contributed by atoms with Crippen LogP contribution < -0.4 is 5.32 Å². The lowest BCUT2D eigenvalue weighted by molar-refractivity contribution is 0.597. The highest BCUT2D eigenvalue weighted by Crippen LogP contribution is 2.17. The molecule has 1 nitrogen and oxygen atoms in total. The molecule has 1 aromatic carbocycles. The van der Waals surface area contributed by atoms with Gasteiger partial charge in [-0.25, -0.2) is 0 Å². The first-order valence-electron chi connectivity index (χ1n) is 6.19. The Balaban J connectivity index is 2.21. The van der Waals surface area contributed by atoms with Crippen molar-refractivity contribution in [1.82, 2.24) is 5.32 Å². The zero-order valence-electron chi connectivity index (χ0n) is 10.4. The third-order valence-corrected chi connectivity index (χ3v) is 3.47. The van der Waals surface area contributed by atoms with Crippen molar-refractivity contribution in [1.29, 1.82) is 0 Å². The molecule has 0 saturated carbocycles. The topological polar surface area (TPSA) is 12.0 Å². The molecule has 0 atom stereocenters. The molecule has 0 bridgehead atoms. The van der Waals surface area contributed by atoms with Gasteiger partial charge in [-0.3, -0.25) is 0 Å². The van der Waals surface area contributed by atoms with Crippen molar-refractivity contribution in [3.05, 3.63) is 33.8 Å². The molecule has 0 aliphatic rings. The Morgan fingerprint density at radius 3 is 2.69 bits per heavy atom. The van der Waals surface area contributed by atoms with Crippen molar-refractivity contribution in [2.24, 2.45) is 0 Å². The number of hydrogen-bond acceptors (Lipinski definition) is 1. The number of nitrogens with one attached hydrogen (secondary N) is 1. The van der Waals surface area contributed by atoms with E-state index in [4.69, 9.17) is 0 Å². The Hall–Kier alpha value is -0.340. The Kier molecular flexibility index (Phi) is 6.74. The first-order valence-corrected chi connectivity index (χ1v) is 6.99. The lowest BCUT2D eigenvalue weighted by atomic mass is 10.1. The Bertz CT molecular complexity index is 310. The van der Waals surface area contributed by atoms with Gasteiger partial charge in [0.2, 0.25) is 0 Å². The summed E-state index contributed by atoms with van der Waals surface area (Å²) in [7, 11) is 0. The fraction of sp³-hybridized carbons (Fsp3) is 0.571. The predicted molar refractivity (Wildman–Crippen MR) is 74.7 cm³/mol. The van der Waals surface area contributed by atoms with E-state index < -0.39 is 0 Å². The molecule has 1 N–H and O–H groups in total. The van der Waals surface area contributed by atoms with Gasteiger partial charge in [-0.1, -0.05) is 54.2 Å². The van der Waals surface area contributed by atoms with E-state index in [2.05, 4.69) is 53.3 Å². The molecular formula is C14H22BrN. The molecule has 0 unspecified atom stereocenters. The standard InChI is InChI=1S/C14H22BrN/c1-3-4-5-6-9-16-11-13-8-7-12(2)10-14(13)15/h7-8,10,16H,3-6,9,11H2,1-2H3. The van der Waals surface area contributed by atoms with E-state index in [1.54, 1.807) is 0 Å². The molecular weight excluding hydrogens is 262 g/mol. The molecule has 0 spiro atoms. The fourth-order valence-corrected chi connectivity index (χ4v) is 2.33. The summed E-state index contributed by atoms with van der Waals surface area (Å²) >= 11 is 3.60. The molecule has 0 fully saturated rings. The van der Waals surface area contributed by atoms with E-state index in [0.717, 1.165) is 13.1 Å². The molecule has 0 saturated heterocycles. The second-order valence-electron chi connectivity index (χ2n) is 4.33. The number of aryl methyl sites for hydroxylation is 1. The van der Waals surface area contributed by atoms with Gasteiger partial charge in [0.1, 0.15) is 0 Å². The summed E-state index contributed by atoms with van der Waals surface area (Å²) in [5.41, 5.74) is 2.65. The molecule has 0 aliphatic carbocycles. The molecule has 0 radical (unpaired) electrons. The second kappa shape index (κ2) is 7.86. The number of rotatable bonds is 7. The molecule has 0 aromatic heterocycles. The highest BCUT2D eigenvalue weighted by atomic mass is 79.9. The Morgan fingerprint density at radius 2 is 2.00 bits per heavy atom. The van der Waals surface area contributed by atoms with Crippen LogP contribution in [0, 0.1) is 6.92 Å². The lowest BCUT2D eigenvalue weighted by Crippen LogP contribution is -2.14. The molecule has 0 heterocycles. The third kappa shape index (κ3) is 5.13. The van der Waals surface area contributed by atoms with Crippen LogP contribution in [0.3, 0.4) is 0 Å². The summed E-state index contributed by atoms with van der Waals surface area (Å²) in [5.74, 6) is 0. The van der Waals surface area contributed by atoms with E-state index >= 15 is 0 Å².